The maximum Gasteiger partial charge on any atom is 0.147 e. The van der Waals surface area contributed by atoms with Crippen molar-refractivity contribution in [1.82, 2.24) is 0 Å². The third-order valence-electron chi connectivity index (χ3n) is 4.41. The van der Waals surface area contributed by atoms with Gasteiger partial charge in [0.15, 0.2) is 0 Å². The minimum absolute atomic E-state index is 0. The van der Waals surface area contributed by atoms with E-state index in [1.165, 1.54) is 0 Å². The van der Waals surface area contributed by atoms with E-state index < -0.39 is 22.8 Å². The number of aliphatic hydroxyl groups is 2. The molecule has 2 unspecified atom stereocenters. The van der Waals surface area contributed by atoms with Crippen molar-refractivity contribution >= 4 is 5.97 Å². The van der Waals surface area contributed by atoms with Crippen LogP contribution in [0.5, 0.6) is 0 Å². The molecule has 4 nitrogen and oxygen atoms in total. The first-order valence-electron chi connectivity index (χ1n) is 6.07. The largest absolute Gasteiger partial charge is 0.483 e. The van der Waals surface area contributed by atoms with Crippen LogP contribution in [-0.2, 0) is 42.2 Å². The van der Waals surface area contributed by atoms with Crippen LogP contribution in [-0.4, -0.2) is 33.0 Å². The maximum absolute atomic E-state index is 11.3. The zero-order valence-electron chi connectivity index (χ0n) is 10.3. The number of esters is 1. The molecule has 0 aromatic rings. The second kappa shape index (κ2) is 4.37. The molecule has 0 saturated heterocycles. The van der Waals surface area contributed by atoms with Gasteiger partial charge in [0.2, 0.25) is 0 Å². The molecule has 97 valence electrons. The van der Waals surface area contributed by atoms with E-state index in [1.807, 2.05) is 0 Å². The summed E-state index contributed by atoms with van der Waals surface area (Å²) in [6.45, 7) is 3.27. The normalized spacial score (nSPS) is 48.4. The fourth-order valence-electron chi connectivity index (χ4n) is 4.60. The zero-order valence-corrected chi connectivity index (χ0v) is 13.2. The van der Waals surface area contributed by atoms with Crippen LogP contribution in [0.4, 0.5) is 0 Å². The molecule has 0 amide bonds. The van der Waals surface area contributed by atoms with Gasteiger partial charge in [0.25, 0.3) is 0 Å². The van der Waals surface area contributed by atoms with Gasteiger partial charge in [-0.05, 0) is 25.2 Å². The van der Waals surface area contributed by atoms with Crippen molar-refractivity contribution < 1.29 is 52.5 Å². The summed E-state index contributed by atoms with van der Waals surface area (Å²) in [5.74, 6) is -0.335. The van der Waals surface area contributed by atoms with Gasteiger partial charge in [-0.1, -0.05) is 0 Å². The molecule has 4 bridgehead atoms. The molecule has 4 rings (SSSR count). The molecule has 4 fully saturated rings. The van der Waals surface area contributed by atoms with Crippen LogP contribution < -0.4 is 0 Å². The van der Waals surface area contributed by atoms with Crippen LogP contribution in [0.25, 0.3) is 0 Å². The van der Waals surface area contributed by atoms with Gasteiger partial charge in [0.1, 0.15) is 11.6 Å². The molecule has 0 aliphatic heterocycles. The monoisotopic (exact) mass is 326 g/mol. The van der Waals surface area contributed by atoms with Crippen LogP contribution in [0.3, 0.4) is 0 Å². The van der Waals surface area contributed by atoms with Crippen molar-refractivity contribution in [1.29, 1.82) is 0 Å². The Morgan fingerprint density at radius 1 is 1.17 bits per heavy atom. The second-order valence-corrected chi connectivity index (χ2v) is 6.21. The summed E-state index contributed by atoms with van der Waals surface area (Å²) in [5.41, 5.74) is -2.43. The van der Waals surface area contributed by atoms with Crippen molar-refractivity contribution in [2.75, 3.05) is 0 Å². The molecule has 4 saturated carbocycles. The molecule has 1 radical (unpaired) electrons. The molecule has 2 atom stereocenters. The van der Waals surface area contributed by atoms with Gasteiger partial charge >= 0.3 is 0 Å². The number of ether oxygens (including phenoxy) is 1. The summed E-state index contributed by atoms with van der Waals surface area (Å²) in [6.07, 6.45) is 5.64. The van der Waals surface area contributed by atoms with Gasteiger partial charge in [-0.2, -0.15) is 0 Å². The predicted octanol–water partition coefficient (Wildman–Crippen LogP) is 0.715. The number of carbonyl (C=O) groups is 1. The molecule has 0 aromatic heterocycles. The average Bonchev–Trinajstić information content (AvgIpc) is 2.10. The van der Waals surface area contributed by atoms with Crippen molar-refractivity contribution in [3.8, 4) is 0 Å². The predicted molar refractivity (Wildman–Crippen MR) is 58.8 cm³/mol. The molecule has 0 spiro atoms. The molecule has 0 heterocycles. The SMILES string of the molecule is C=[C-]C(=O)OC12CC3CC(O)(CC(O)(C3)C1)C2.[Y]. The topological polar surface area (TPSA) is 66.8 Å². The van der Waals surface area contributed by atoms with Crippen molar-refractivity contribution in [3.05, 3.63) is 12.7 Å². The Morgan fingerprint density at radius 2 is 1.72 bits per heavy atom. The van der Waals surface area contributed by atoms with E-state index in [4.69, 9.17) is 4.74 Å². The molecule has 18 heavy (non-hydrogen) atoms. The van der Waals surface area contributed by atoms with Crippen LogP contribution in [0.15, 0.2) is 6.58 Å². The molecular weight excluding hydrogens is 309 g/mol. The Bertz CT molecular complexity index is 376. The van der Waals surface area contributed by atoms with Gasteiger partial charge in [-0.15, -0.1) is 0 Å². The molecule has 2 N–H and O–H groups in total. The Balaban J connectivity index is 0.00000120. The van der Waals surface area contributed by atoms with Crippen LogP contribution >= 0.6 is 0 Å². The number of hydrogen-bond acceptors (Lipinski definition) is 4. The first-order chi connectivity index (χ1) is 7.86. The number of hydrogen-bond donors (Lipinski definition) is 2. The molecular formula is C13H17O4Y-. The fourth-order valence-corrected chi connectivity index (χ4v) is 4.60. The van der Waals surface area contributed by atoms with E-state index in [0.717, 1.165) is 6.42 Å². The number of carbonyl (C=O) groups excluding carboxylic acids is 1. The second-order valence-electron chi connectivity index (χ2n) is 6.21. The molecule has 0 aromatic carbocycles. The van der Waals surface area contributed by atoms with E-state index in [9.17, 15) is 15.0 Å². The molecule has 4 aliphatic rings. The first kappa shape index (κ1) is 14.6. The minimum atomic E-state index is -0.865. The number of rotatable bonds is 2. The summed E-state index contributed by atoms with van der Waals surface area (Å²) in [7, 11) is 0. The molecule has 5 heteroatoms. The Morgan fingerprint density at radius 3 is 2.17 bits per heavy atom. The van der Waals surface area contributed by atoms with Crippen molar-refractivity contribution in [3.63, 3.8) is 0 Å². The summed E-state index contributed by atoms with van der Waals surface area (Å²) in [4.78, 5) is 11.3. The average molecular weight is 326 g/mol. The van der Waals surface area contributed by atoms with E-state index >= 15 is 0 Å². The summed E-state index contributed by atoms with van der Waals surface area (Å²) < 4.78 is 5.40. The van der Waals surface area contributed by atoms with Gasteiger partial charge in [0.05, 0.1) is 11.2 Å². The van der Waals surface area contributed by atoms with Crippen molar-refractivity contribution in [2.45, 2.75) is 55.3 Å². The Hall–Kier alpha value is 0.234. The van der Waals surface area contributed by atoms with Gasteiger partial charge in [-0.3, -0.25) is 11.4 Å². The van der Waals surface area contributed by atoms with Crippen LogP contribution in [0, 0.1) is 12.0 Å². The van der Waals surface area contributed by atoms with Gasteiger partial charge in [0, 0.05) is 52.0 Å². The van der Waals surface area contributed by atoms with E-state index in [2.05, 4.69) is 12.7 Å². The van der Waals surface area contributed by atoms with Gasteiger partial charge < -0.3 is 21.0 Å². The van der Waals surface area contributed by atoms with E-state index in [0.29, 0.717) is 32.1 Å². The van der Waals surface area contributed by atoms with Gasteiger partial charge in [-0.25, -0.2) is 0 Å². The fraction of sp³-hybridized carbons (Fsp3) is 0.769. The third-order valence-corrected chi connectivity index (χ3v) is 4.41. The molecule has 4 aliphatic carbocycles. The van der Waals surface area contributed by atoms with E-state index in [-0.39, 0.29) is 38.6 Å². The third kappa shape index (κ3) is 2.33. The quantitative estimate of drug-likeness (QED) is 0.446. The standard InChI is InChI=1S/C13H17O4.Y/c1-2-10(14)17-13-5-9-3-11(15,7-13)6-12(16,4-9)8-13;/h9,15-16H,1,3-8H2;/q-1;. The van der Waals surface area contributed by atoms with E-state index in [1.54, 1.807) is 0 Å². The summed E-state index contributed by atoms with van der Waals surface area (Å²) in [5, 5.41) is 20.9. The van der Waals surface area contributed by atoms with Crippen LogP contribution in [0.1, 0.15) is 38.5 Å². The van der Waals surface area contributed by atoms with Crippen LogP contribution in [0.2, 0.25) is 0 Å². The summed E-state index contributed by atoms with van der Waals surface area (Å²) >= 11 is 0. The smallest absolute Gasteiger partial charge is 0.147 e. The minimum Gasteiger partial charge on any atom is -0.483 e. The summed E-state index contributed by atoms with van der Waals surface area (Å²) in [6, 6.07) is 0. The maximum atomic E-state index is 11.3. The van der Waals surface area contributed by atoms with Crippen molar-refractivity contribution in [2.24, 2.45) is 5.92 Å². The Labute approximate surface area is 132 Å². The Kier molecular flexibility index (Phi) is 3.56. The zero-order chi connectivity index (χ0) is 12.3. The first-order valence-corrected chi connectivity index (χ1v) is 6.07.